The highest BCUT2D eigenvalue weighted by molar-refractivity contribution is 5.90. The Kier molecular flexibility index (Phi) is 8.64. The van der Waals surface area contributed by atoms with Gasteiger partial charge in [-0.2, -0.15) is 26.3 Å². The molecule has 3 aromatic carbocycles. The fourth-order valence-electron chi connectivity index (χ4n) is 4.77. The van der Waals surface area contributed by atoms with Gasteiger partial charge in [0.25, 0.3) is 5.91 Å². The Morgan fingerprint density at radius 3 is 1.95 bits per heavy atom. The van der Waals surface area contributed by atoms with Crippen LogP contribution in [-0.4, -0.2) is 56.8 Å². The van der Waals surface area contributed by atoms with Gasteiger partial charge in [-0.3, -0.25) is 15.1 Å². The van der Waals surface area contributed by atoms with Crippen LogP contribution in [-0.2, 0) is 23.7 Å². The van der Waals surface area contributed by atoms with Gasteiger partial charge >= 0.3 is 12.4 Å². The number of carbonyl (C=O) groups excluding carboxylic acids is 1. The lowest BCUT2D eigenvalue weighted by atomic mass is 10.1. The van der Waals surface area contributed by atoms with E-state index in [-0.39, 0.29) is 5.82 Å². The van der Waals surface area contributed by atoms with Gasteiger partial charge in [0.05, 0.1) is 11.1 Å². The Hall–Kier alpha value is -4.49. The zero-order valence-corrected chi connectivity index (χ0v) is 22.6. The average molecular weight is 601 g/mol. The van der Waals surface area contributed by atoms with Crippen LogP contribution in [0.2, 0.25) is 0 Å². The molecular weight excluding hydrogens is 574 g/mol. The van der Waals surface area contributed by atoms with E-state index < -0.39 is 46.3 Å². The standard InChI is InChI=1S/C30H26F6N6O/c31-29(32,33)24-12-6-4-10-22(24)27-37-28(23-11-5-7-13-25(23)30(34,35)36)42(39-27)15-14-26(43)38-41-18-16-40(17-19-41)20-21-8-2-1-3-9-21/h1-15H,16-20H2,(H,38,43)/b15-14-. The first-order valence-electron chi connectivity index (χ1n) is 13.3. The average Bonchev–Trinajstić information content (AvgIpc) is 3.41. The minimum atomic E-state index is -4.78. The molecule has 43 heavy (non-hydrogen) atoms. The molecule has 224 valence electrons. The van der Waals surface area contributed by atoms with Crippen molar-refractivity contribution in [2.45, 2.75) is 18.9 Å². The number of nitrogens with one attached hydrogen (secondary N) is 1. The second kappa shape index (κ2) is 12.4. The first kappa shape index (κ1) is 30.0. The van der Waals surface area contributed by atoms with Crippen LogP contribution in [0.4, 0.5) is 26.3 Å². The molecule has 0 unspecified atom stereocenters. The topological polar surface area (TPSA) is 66.3 Å². The number of hydrazine groups is 1. The Morgan fingerprint density at radius 2 is 1.33 bits per heavy atom. The number of rotatable bonds is 7. The largest absolute Gasteiger partial charge is 0.417 e. The fourth-order valence-corrected chi connectivity index (χ4v) is 4.77. The number of carbonyl (C=O) groups is 1. The number of amides is 1. The number of hydrogen-bond acceptors (Lipinski definition) is 5. The summed E-state index contributed by atoms with van der Waals surface area (Å²) in [5.74, 6) is -1.41. The molecule has 0 bridgehead atoms. The van der Waals surface area contributed by atoms with Crippen LogP contribution in [0.15, 0.2) is 84.9 Å². The molecule has 0 spiro atoms. The molecule has 0 atom stereocenters. The SMILES string of the molecule is O=C(/C=C\n1nc(-c2ccccc2C(F)(F)F)nc1-c1ccccc1C(F)(F)F)NN1CCN(Cc2ccccc2)CC1. The van der Waals surface area contributed by atoms with E-state index in [1.165, 1.54) is 29.8 Å². The van der Waals surface area contributed by atoms with E-state index in [9.17, 15) is 31.1 Å². The number of halogens is 6. The Bertz CT molecular complexity index is 1590. The number of piperazine rings is 1. The molecule has 1 fully saturated rings. The summed E-state index contributed by atoms with van der Waals surface area (Å²) in [5.41, 5.74) is 0.991. The van der Waals surface area contributed by atoms with Gasteiger partial charge in [-0.05, 0) is 17.7 Å². The van der Waals surface area contributed by atoms with Crippen LogP contribution in [0.3, 0.4) is 0 Å². The molecular formula is C30H26F6N6O. The first-order valence-corrected chi connectivity index (χ1v) is 13.3. The monoisotopic (exact) mass is 600 g/mol. The highest BCUT2D eigenvalue weighted by atomic mass is 19.4. The Balaban J connectivity index is 1.38. The summed E-state index contributed by atoms with van der Waals surface area (Å²) in [5, 5.41) is 5.80. The number of nitrogens with zero attached hydrogens (tertiary/aromatic N) is 5. The van der Waals surface area contributed by atoms with Gasteiger partial charge in [0.1, 0.15) is 0 Å². The van der Waals surface area contributed by atoms with Gasteiger partial charge in [-0.15, -0.1) is 5.10 Å². The smallest absolute Gasteiger partial charge is 0.296 e. The summed E-state index contributed by atoms with van der Waals surface area (Å²) in [6.07, 6.45) is -7.41. The van der Waals surface area contributed by atoms with Crippen molar-refractivity contribution in [1.82, 2.24) is 30.1 Å². The fraction of sp³-hybridized carbons (Fsp3) is 0.233. The molecule has 0 radical (unpaired) electrons. The molecule has 1 amide bonds. The van der Waals surface area contributed by atoms with E-state index in [0.717, 1.165) is 47.8 Å². The number of aromatic nitrogens is 3. The third-order valence-electron chi connectivity index (χ3n) is 6.83. The minimum absolute atomic E-state index is 0.376. The maximum absolute atomic E-state index is 13.8. The van der Waals surface area contributed by atoms with E-state index in [1.807, 2.05) is 30.3 Å². The molecule has 13 heteroatoms. The lowest BCUT2D eigenvalue weighted by Gasteiger charge is -2.34. The minimum Gasteiger partial charge on any atom is -0.296 e. The normalized spacial score (nSPS) is 15.2. The third-order valence-corrected chi connectivity index (χ3v) is 6.83. The van der Waals surface area contributed by atoms with Crippen molar-refractivity contribution in [1.29, 1.82) is 0 Å². The van der Waals surface area contributed by atoms with Gasteiger partial charge < -0.3 is 0 Å². The zero-order chi connectivity index (χ0) is 30.6. The summed E-state index contributed by atoms with van der Waals surface area (Å²) in [4.78, 5) is 19.1. The first-order chi connectivity index (χ1) is 20.5. The highest BCUT2D eigenvalue weighted by Gasteiger charge is 2.36. The third kappa shape index (κ3) is 7.30. The van der Waals surface area contributed by atoms with E-state index in [0.29, 0.717) is 26.2 Å². The van der Waals surface area contributed by atoms with Gasteiger partial charge in [-0.25, -0.2) is 14.7 Å². The van der Waals surface area contributed by atoms with Crippen LogP contribution < -0.4 is 5.43 Å². The molecule has 0 saturated carbocycles. The molecule has 7 nitrogen and oxygen atoms in total. The molecule has 1 aliphatic rings. The quantitative estimate of drug-likeness (QED) is 0.209. The lowest BCUT2D eigenvalue weighted by Crippen LogP contribution is -2.52. The van der Waals surface area contributed by atoms with Gasteiger partial charge in [0, 0.05) is 56.1 Å². The predicted molar refractivity (Wildman–Crippen MR) is 148 cm³/mol. The zero-order valence-electron chi connectivity index (χ0n) is 22.6. The molecule has 1 aromatic heterocycles. The van der Waals surface area contributed by atoms with Crippen LogP contribution >= 0.6 is 0 Å². The van der Waals surface area contributed by atoms with Crippen molar-refractivity contribution in [2.75, 3.05) is 26.2 Å². The van der Waals surface area contributed by atoms with Crippen molar-refractivity contribution in [3.8, 4) is 22.8 Å². The Labute approximate surface area is 243 Å². The molecule has 4 aromatic rings. The van der Waals surface area contributed by atoms with E-state index in [4.69, 9.17) is 0 Å². The number of hydrogen-bond donors (Lipinski definition) is 1. The molecule has 5 rings (SSSR count). The van der Waals surface area contributed by atoms with Crippen LogP contribution in [0.1, 0.15) is 16.7 Å². The molecule has 2 heterocycles. The van der Waals surface area contributed by atoms with Gasteiger partial charge in [-0.1, -0.05) is 66.7 Å². The highest BCUT2D eigenvalue weighted by Crippen LogP contribution is 2.39. The van der Waals surface area contributed by atoms with Crippen molar-refractivity contribution in [2.24, 2.45) is 0 Å². The second-order valence-electron chi connectivity index (χ2n) is 9.83. The lowest BCUT2D eigenvalue weighted by molar-refractivity contribution is -0.137. The molecule has 1 saturated heterocycles. The number of benzene rings is 3. The summed E-state index contributed by atoms with van der Waals surface area (Å²) < 4.78 is 83.5. The van der Waals surface area contributed by atoms with E-state index in [2.05, 4.69) is 20.4 Å². The van der Waals surface area contributed by atoms with Gasteiger partial charge in [0.2, 0.25) is 0 Å². The van der Waals surface area contributed by atoms with Crippen LogP contribution in [0.25, 0.3) is 29.0 Å². The molecule has 1 aliphatic heterocycles. The van der Waals surface area contributed by atoms with Gasteiger partial charge in [0.15, 0.2) is 11.6 Å². The van der Waals surface area contributed by atoms with Crippen molar-refractivity contribution < 1.29 is 31.1 Å². The summed E-state index contributed by atoms with van der Waals surface area (Å²) in [6, 6.07) is 19.0. The maximum atomic E-state index is 13.8. The van der Waals surface area contributed by atoms with Crippen LogP contribution in [0, 0.1) is 0 Å². The summed E-state index contributed by atoms with van der Waals surface area (Å²) in [6.45, 7) is 3.25. The molecule has 0 aliphatic carbocycles. The van der Waals surface area contributed by atoms with E-state index in [1.54, 1.807) is 5.01 Å². The Morgan fingerprint density at radius 1 is 0.767 bits per heavy atom. The summed E-state index contributed by atoms with van der Waals surface area (Å²) >= 11 is 0. The van der Waals surface area contributed by atoms with Crippen molar-refractivity contribution >= 4 is 12.1 Å². The van der Waals surface area contributed by atoms with Crippen molar-refractivity contribution in [3.05, 3.63) is 102 Å². The summed E-state index contributed by atoms with van der Waals surface area (Å²) in [7, 11) is 0. The van der Waals surface area contributed by atoms with E-state index >= 15 is 0 Å². The van der Waals surface area contributed by atoms with Crippen molar-refractivity contribution in [3.63, 3.8) is 0 Å². The maximum Gasteiger partial charge on any atom is 0.417 e. The van der Waals surface area contributed by atoms with Crippen LogP contribution in [0.5, 0.6) is 0 Å². The second-order valence-corrected chi connectivity index (χ2v) is 9.83. The predicted octanol–water partition coefficient (Wildman–Crippen LogP) is 5.97. The molecule has 1 N–H and O–H groups in total. The number of alkyl halides is 6.